The summed E-state index contributed by atoms with van der Waals surface area (Å²) in [7, 11) is 0. The van der Waals surface area contributed by atoms with Gasteiger partial charge in [-0.3, -0.25) is 0 Å². The van der Waals surface area contributed by atoms with E-state index in [4.69, 9.17) is 0 Å². The van der Waals surface area contributed by atoms with Crippen LogP contribution in [0.3, 0.4) is 0 Å². The molecule has 0 aliphatic heterocycles. The van der Waals surface area contributed by atoms with Crippen LogP contribution in [0.1, 0.15) is 44.0 Å². The lowest BCUT2D eigenvalue weighted by Crippen LogP contribution is -2.21. The molecule has 1 heterocycles. The highest BCUT2D eigenvalue weighted by Gasteiger charge is 2.39. The molecule has 5 heteroatoms. The van der Waals surface area contributed by atoms with Crippen molar-refractivity contribution in [1.29, 1.82) is 0 Å². The Morgan fingerprint density at radius 3 is 2.42 bits per heavy atom. The van der Waals surface area contributed by atoms with Gasteiger partial charge < -0.3 is 4.57 Å². The number of hydrogen-bond donors (Lipinski definition) is 0. The van der Waals surface area contributed by atoms with Crippen molar-refractivity contribution in [2.75, 3.05) is 0 Å². The summed E-state index contributed by atoms with van der Waals surface area (Å²) < 4.78 is 40.9. The molecule has 0 atom stereocenters. The van der Waals surface area contributed by atoms with Crippen molar-refractivity contribution in [1.82, 2.24) is 9.55 Å². The number of aromatic nitrogens is 2. The van der Waals surface area contributed by atoms with Crippen molar-refractivity contribution in [3.05, 3.63) is 30.1 Å². The van der Waals surface area contributed by atoms with Crippen LogP contribution < -0.4 is 0 Å². The zero-order valence-electron chi connectivity index (χ0n) is 10.5. The molecule has 1 saturated carbocycles. The van der Waals surface area contributed by atoms with E-state index < -0.39 is 12.0 Å². The maximum atomic E-state index is 13.2. The summed E-state index contributed by atoms with van der Waals surface area (Å²) in [6, 6.07) is 6.79. The summed E-state index contributed by atoms with van der Waals surface area (Å²) in [6.45, 7) is 0. The first-order valence-electron chi connectivity index (χ1n) is 6.61. The number of fused-ring (bicyclic) bond motifs is 1. The van der Waals surface area contributed by atoms with Crippen LogP contribution in [0.25, 0.3) is 11.0 Å². The maximum Gasteiger partial charge on any atom is 0.449 e. The first kappa shape index (κ1) is 12.5. The third-order valence-corrected chi connectivity index (χ3v) is 3.79. The van der Waals surface area contributed by atoms with Gasteiger partial charge in [-0.1, -0.05) is 31.4 Å². The molecule has 0 saturated heterocycles. The molecule has 0 amide bonds. The minimum Gasteiger partial charge on any atom is -0.317 e. The molecule has 19 heavy (non-hydrogen) atoms. The first-order chi connectivity index (χ1) is 9.07. The Morgan fingerprint density at radius 2 is 1.74 bits per heavy atom. The Balaban J connectivity index is 2.18. The van der Waals surface area contributed by atoms with Gasteiger partial charge in [-0.15, -0.1) is 0 Å². The van der Waals surface area contributed by atoms with Crippen molar-refractivity contribution in [3.63, 3.8) is 0 Å². The fourth-order valence-electron chi connectivity index (χ4n) is 2.95. The standard InChI is InChI=1S/C14H15F3N2/c15-14(16,17)13-18-11-8-4-5-9-12(11)19(13)10-6-2-1-3-7-10/h4-5,8-10H,1-3,6-7H2. The van der Waals surface area contributed by atoms with E-state index in [0.717, 1.165) is 32.1 Å². The predicted molar refractivity (Wildman–Crippen MR) is 66.9 cm³/mol. The second-order valence-electron chi connectivity index (χ2n) is 5.08. The van der Waals surface area contributed by atoms with E-state index in [2.05, 4.69) is 4.98 Å². The fourth-order valence-corrected chi connectivity index (χ4v) is 2.95. The minimum absolute atomic E-state index is 0.0715. The zero-order chi connectivity index (χ0) is 13.5. The molecule has 0 radical (unpaired) electrons. The molecule has 0 unspecified atom stereocenters. The van der Waals surface area contributed by atoms with Crippen LogP contribution in [-0.4, -0.2) is 9.55 Å². The average molecular weight is 268 g/mol. The topological polar surface area (TPSA) is 17.8 Å². The largest absolute Gasteiger partial charge is 0.449 e. The average Bonchev–Trinajstić information content (AvgIpc) is 2.79. The van der Waals surface area contributed by atoms with Crippen molar-refractivity contribution in [2.24, 2.45) is 0 Å². The molecule has 0 N–H and O–H groups in total. The third-order valence-electron chi connectivity index (χ3n) is 3.79. The third kappa shape index (κ3) is 2.22. The first-order valence-corrected chi connectivity index (χ1v) is 6.61. The van der Waals surface area contributed by atoms with Gasteiger partial charge in [0.05, 0.1) is 11.0 Å². The monoisotopic (exact) mass is 268 g/mol. The molecule has 1 aliphatic carbocycles. The summed E-state index contributed by atoms with van der Waals surface area (Å²) in [5.74, 6) is -0.749. The van der Waals surface area contributed by atoms with Gasteiger partial charge in [-0.2, -0.15) is 13.2 Å². The van der Waals surface area contributed by atoms with Crippen LogP contribution in [0, 0.1) is 0 Å². The number of benzene rings is 1. The van der Waals surface area contributed by atoms with Crippen molar-refractivity contribution < 1.29 is 13.2 Å². The van der Waals surface area contributed by atoms with Gasteiger partial charge in [-0.05, 0) is 25.0 Å². The number of halogens is 3. The molecule has 102 valence electrons. The molecule has 0 bridgehead atoms. The lowest BCUT2D eigenvalue weighted by Gasteiger charge is -2.26. The van der Waals surface area contributed by atoms with Crippen LogP contribution >= 0.6 is 0 Å². The lowest BCUT2D eigenvalue weighted by atomic mass is 9.95. The van der Waals surface area contributed by atoms with Gasteiger partial charge in [0.25, 0.3) is 0 Å². The summed E-state index contributed by atoms with van der Waals surface area (Å²) in [6.07, 6.45) is 0.330. The van der Waals surface area contributed by atoms with Crippen LogP contribution in [-0.2, 0) is 6.18 Å². The Kier molecular flexibility index (Phi) is 2.99. The van der Waals surface area contributed by atoms with Gasteiger partial charge in [0.15, 0.2) is 0 Å². The van der Waals surface area contributed by atoms with Crippen LogP contribution in [0.4, 0.5) is 13.2 Å². The van der Waals surface area contributed by atoms with E-state index in [0.29, 0.717) is 11.0 Å². The molecular formula is C14H15F3N2. The SMILES string of the molecule is FC(F)(F)c1nc2ccccc2n1C1CCCCC1. The van der Waals surface area contributed by atoms with Crippen molar-refractivity contribution in [2.45, 2.75) is 44.3 Å². The molecule has 2 nitrogen and oxygen atoms in total. The Morgan fingerprint density at radius 1 is 1.05 bits per heavy atom. The molecule has 3 rings (SSSR count). The number of imidazole rings is 1. The second kappa shape index (κ2) is 4.54. The maximum absolute atomic E-state index is 13.2. The summed E-state index contributed by atoms with van der Waals surface area (Å²) >= 11 is 0. The van der Waals surface area contributed by atoms with Gasteiger partial charge in [0.2, 0.25) is 5.82 Å². The minimum atomic E-state index is -4.39. The van der Waals surface area contributed by atoms with Gasteiger partial charge in [0, 0.05) is 6.04 Å². The quantitative estimate of drug-likeness (QED) is 0.741. The van der Waals surface area contributed by atoms with Crippen LogP contribution in [0.2, 0.25) is 0 Å². The zero-order valence-corrected chi connectivity index (χ0v) is 10.5. The van der Waals surface area contributed by atoms with E-state index in [1.165, 1.54) is 4.57 Å². The fraction of sp³-hybridized carbons (Fsp3) is 0.500. The smallest absolute Gasteiger partial charge is 0.317 e. The molecular weight excluding hydrogens is 253 g/mol. The van der Waals surface area contributed by atoms with E-state index in [1.807, 2.05) is 0 Å². The normalized spacial score (nSPS) is 18.1. The molecule has 1 aliphatic rings. The summed E-state index contributed by atoms with van der Waals surface area (Å²) in [5.41, 5.74) is 1.03. The molecule has 1 fully saturated rings. The van der Waals surface area contributed by atoms with Gasteiger partial charge in [0.1, 0.15) is 0 Å². The summed E-state index contributed by atoms with van der Waals surface area (Å²) in [4.78, 5) is 3.80. The Hall–Kier alpha value is -1.52. The van der Waals surface area contributed by atoms with Crippen molar-refractivity contribution in [3.8, 4) is 0 Å². The van der Waals surface area contributed by atoms with Crippen molar-refractivity contribution >= 4 is 11.0 Å². The number of para-hydroxylation sites is 2. The summed E-state index contributed by atoms with van der Waals surface area (Å²) in [5, 5.41) is 0. The number of rotatable bonds is 1. The van der Waals surface area contributed by atoms with E-state index in [1.54, 1.807) is 24.3 Å². The lowest BCUT2D eigenvalue weighted by molar-refractivity contribution is -0.147. The van der Waals surface area contributed by atoms with Gasteiger partial charge >= 0.3 is 6.18 Å². The van der Waals surface area contributed by atoms with E-state index >= 15 is 0 Å². The number of alkyl halides is 3. The molecule has 1 aromatic heterocycles. The van der Waals surface area contributed by atoms with E-state index in [-0.39, 0.29) is 6.04 Å². The molecule has 0 spiro atoms. The Bertz CT molecular complexity index is 580. The highest BCUT2D eigenvalue weighted by molar-refractivity contribution is 5.76. The van der Waals surface area contributed by atoms with Crippen LogP contribution in [0.15, 0.2) is 24.3 Å². The van der Waals surface area contributed by atoms with Gasteiger partial charge in [-0.25, -0.2) is 4.98 Å². The number of nitrogens with zero attached hydrogens (tertiary/aromatic N) is 2. The second-order valence-corrected chi connectivity index (χ2v) is 5.08. The highest BCUT2D eigenvalue weighted by Crippen LogP contribution is 2.38. The predicted octanol–water partition coefficient (Wildman–Crippen LogP) is 4.56. The molecule has 1 aromatic carbocycles. The highest BCUT2D eigenvalue weighted by atomic mass is 19.4. The number of hydrogen-bond acceptors (Lipinski definition) is 1. The molecule has 2 aromatic rings. The Labute approximate surface area is 109 Å². The van der Waals surface area contributed by atoms with E-state index in [9.17, 15) is 13.2 Å². The van der Waals surface area contributed by atoms with Crippen LogP contribution in [0.5, 0.6) is 0 Å².